The summed E-state index contributed by atoms with van der Waals surface area (Å²) in [4.78, 5) is 0. The maximum absolute atomic E-state index is 2.56. The molecule has 0 atom stereocenters. The lowest BCUT2D eigenvalue weighted by Gasteiger charge is -2.24. The highest BCUT2D eigenvalue weighted by atomic mass is 31.1. The van der Waals surface area contributed by atoms with Gasteiger partial charge >= 0.3 is 0 Å². The van der Waals surface area contributed by atoms with E-state index in [0.29, 0.717) is 0 Å². The van der Waals surface area contributed by atoms with Crippen molar-refractivity contribution in [2.75, 3.05) is 0 Å². The fourth-order valence-corrected chi connectivity index (χ4v) is 11.4. The minimum Gasteiger partial charge on any atom is -0.0622 e. The molecule has 4 aliphatic carbocycles. The van der Waals surface area contributed by atoms with Crippen molar-refractivity contribution in [2.45, 2.75) is 32.1 Å². The van der Waals surface area contributed by atoms with Gasteiger partial charge in [-0.2, -0.15) is 0 Å². The Hall–Kier alpha value is -3.82. The highest BCUT2D eigenvalue weighted by Gasteiger charge is 2.23. The first kappa shape index (κ1) is 28.0. The van der Waals surface area contributed by atoms with Crippen LogP contribution < -0.4 is 31.8 Å². The van der Waals surface area contributed by atoms with Crippen molar-refractivity contribution in [2.24, 2.45) is 0 Å². The van der Waals surface area contributed by atoms with Gasteiger partial charge < -0.3 is 0 Å². The lowest BCUT2D eigenvalue weighted by atomic mass is 10.0. The maximum atomic E-state index is 2.56. The van der Waals surface area contributed by atoms with Gasteiger partial charge in [-0.15, -0.1) is 0 Å². The van der Waals surface area contributed by atoms with Crippen LogP contribution in [0.4, 0.5) is 0 Å². The zero-order chi connectivity index (χ0) is 28.8. The van der Waals surface area contributed by atoms with Gasteiger partial charge in [0.1, 0.15) is 0 Å². The monoisotopic (exact) mass is 590 g/mol. The lowest BCUT2D eigenvalue weighted by Crippen LogP contribution is -2.24. The highest BCUT2D eigenvalue weighted by molar-refractivity contribution is 7.80. The summed E-state index contributed by atoms with van der Waals surface area (Å²) >= 11 is 0. The smallest absolute Gasteiger partial charge is 0.0116 e. The van der Waals surface area contributed by atoms with Crippen molar-refractivity contribution in [3.8, 4) is 0 Å². The lowest BCUT2D eigenvalue weighted by molar-refractivity contribution is 0.824. The number of hydrogen-bond donors (Lipinski definition) is 0. The molecule has 6 aromatic rings. The molecule has 10 rings (SSSR count). The molecule has 6 aromatic carbocycles. The molecule has 210 valence electrons. The largest absolute Gasteiger partial charge is 0.0622 e. The van der Waals surface area contributed by atoms with E-state index < -0.39 is 15.8 Å². The molecule has 0 radical (unpaired) electrons. The molecule has 4 aliphatic rings. The van der Waals surface area contributed by atoms with Gasteiger partial charge in [-0.25, -0.2) is 0 Å². The van der Waals surface area contributed by atoms with Gasteiger partial charge in [-0.3, -0.25) is 0 Å². The summed E-state index contributed by atoms with van der Waals surface area (Å²) in [7, 11) is -1.26. The molecular formula is C41H36P2. The summed E-state index contributed by atoms with van der Waals surface area (Å²) in [5.74, 6) is 0. The van der Waals surface area contributed by atoms with E-state index in [9.17, 15) is 0 Å². The predicted octanol–water partition coefficient (Wildman–Crippen LogP) is 7.48. The van der Waals surface area contributed by atoms with Gasteiger partial charge in [0, 0.05) is 0 Å². The van der Waals surface area contributed by atoms with Crippen molar-refractivity contribution >= 4 is 47.7 Å². The molecule has 2 heteroatoms. The molecule has 0 saturated carbocycles. The van der Waals surface area contributed by atoms with Crippen LogP contribution in [0.5, 0.6) is 0 Å². The topological polar surface area (TPSA) is 0 Å². The van der Waals surface area contributed by atoms with E-state index in [1.54, 1.807) is 0 Å². The average molecular weight is 591 g/mol. The number of benzene rings is 6. The zero-order valence-corrected chi connectivity index (χ0v) is 26.2. The quantitative estimate of drug-likeness (QED) is 0.177. The Labute approximate surface area is 259 Å². The van der Waals surface area contributed by atoms with E-state index in [0.717, 1.165) is 32.1 Å². The fourth-order valence-electron chi connectivity index (χ4n) is 6.29. The standard InChI is InChI=1S/C41H36P2/c1-5-16-36(17-6-1)42(37-18-7-2-8-19-37)40-31-33-25-27-34(40)15-13-14-32-24-28-35(29-26-33)41(30-32)43(38-20-9-3-10-21-38)39-22-11-4-12-23-39/h1-12,16-25,27-28,30-31H,13-15,26,29H2. The molecule has 0 amide bonds. The van der Waals surface area contributed by atoms with Crippen LogP contribution in [0.15, 0.2) is 158 Å². The molecule has 0 spiro atoms. The van der Waals surface area contributed by atoms with E-state index in [4.69, 9.17) is 0 Å². The summed E-state index contributed by atoms with van der Waals surface area (Å²) in [6.45, 7) is 0. The molecule has 0 saturated heterocycles. The van der Waals surface area contributed by atoms with Gasteiger partial charge in [0.15, 0.2) is 0 Å². The fraction of sp³-hybridized carbons (Fsp3) is 0.122. The third-order valence-electron chi connectivity index (χ3n) is 8.43. The van der Waals surface area contributed by atoms with Gasteiger partial charge in [-0.1, -0.05) is 158 Å². The molecule has 0 aliphatic heterocycles. The second kappa shape index (κ2) is 13.2. The Morgan fingerprint density at radius 3 is 1.12 bits per heavy atom. The summed E-state index contributed by atoms with van der Waals surface area (Å²) in [6.07, 6.45) is 5.42. The summed E-state index contributed by atoms with van der Waals surface area (Å²) in [5, 5.41) is 8.76. The van der Waals surface area contributed by atoms with E-state index in [2.05, 4.69) is 158 Å². The summed E-state index contributed by atoms with van der Waals surface area (Å²) in [5.41, 5.74) is 5.90. The van der Waals surface area contributed by atoms with Crippen LogP contribution >= 0.6 is 15.8 Å². The van der Waals surface area contributed by atoms with E-state index in [1.807, 2.05) is 0 Å². The molecule has 0 fully saturated rings. The third kappa shape index (κ3) is 6.28. The first-order chi connectivity index (χ1) is 21.3. The molecule has 4 bridgehead atoms. The second-order valence-corrected chi connectivity index (χ2v) is 15.7. The van der Waals surface area contributed by atoms with Crippen LogP contribution in [0, 0.1) is 0 Å². The average Bonchev–Trinajstić information content (AvgIpc) is 3.11. The molecular weight excluding hydrogens is 554 g/mol. The summed E-state index contributed by atoms with van der Waals surface area (Å²) < 4.78 is 0. The maximum Gasteiger partial charge on any atom is -0.0116 e. The third-order valence-corrected chi connectivity index (χ3v) is 13.5. The van der Waals surface area contributed by atoms with E-state index in [-0.39, 0.29) is 0 Å². The van der Waals surface area contributed by atoms with Crippen molar-refractivity contribution < 1.29 is 0 Å². The van der Waals surface area contributed by atoms with Crippen LogP contribution in [0.25, 0.3) is 0 Å². The summed E-state index contributed by atoms with van der Waals surface area (Å²) in [6, 6.07) is 59.5. The molecule has 0 N–H and O–H groups in total. The number of aryl methyl sites for hydroxylation is 4. The van der Waals surface area contributed by atoms with Crippen LogP contribution in [-0.2, 0) is 25.7 Å². The Kier molecular flexibility index (Phi) is 8.60. The van der Waals surface area contributed by atoms with Crippen LogP contribution in [-0.4, -0.2) is 0 Å². The SMILES string of the molecule is c1ccc(P(c2ccccc2)c2cc3ccc2CCCc2ccc(c(P(c4ccccc4)c4ccccc4)c2)CC3)cc1. The van der Waals surface area contributed by atoms with Gasteiger partial charge in [0.05, 0.1) is 0 Å². The van der Waals surface area contributed by atoms with Gasteiger partial charge in [-0.05, 0) is 102 Å². The minimum atomic E-state index is -0.636. The normalized spacial score (nSPS) is 13.1. The first-order valence-corrected chi connectivity index (χ1v) is 18.1. The van der Waals surface area contributed by atoms with Crippen LogP contribution in [0.2, 0.25) is 0 Å². The Morgan fingerprint density at radius 1 is 0.326 bits per heavy atom. The second-order valence-electron chi connectivity index (χ2n) is 11.3. The van der Waals surface area contributed by atoms with Crippen LogP contribution in [0.1, 0.15) is 28.7 Å². The number of hydrogen-bond acceptors (Lipinski definition) is 0. The first-order valence-electron chi connectivity index (χ1n) is 15.4. The van der Waals surface area contributed by atoms with Crippen molar-refractivity contribution in [1.82, 2.24) is 0 Å². The highest BCUT2D eigenvalue weighted by Crippen LogP contribution is 2.37. The Balaban J connectivity index is 1.31. The van der Waals surface area contributed by atoms with Gasteiger partial charge in [0.25, 0.3) is 0 Å². The van der Waals surface area contributed by atoms with Crippen molar-refractivity contribution in [1.29, 1.82) is 0 Å². The molecule has 0 nitrogen and oxygen atoms in total. The molecule has 0 unspecified atom stereocenters. The van der Waals surface area contributed by atoms with Crippen molar-refractivity contribution in [3.05, 3.63) is 180 Å². The zero-order valence-electron chi connectivity index (χ0n) is 24.4. The Morgan fingerprint density at radius 2 is 0.698 bits per heavy atom. The Bertz CT molecular complexity index is 1700. The van der Waals surface area contributed by atoms with E-state index in [1.165, 1.54) is 54.1 Å². The molecule has 0 heterocycles. The minimum absolute atomic E-state index is 0.628. The van der Waals surface area contributed by atoms with Crippen LogP contribution in [0.3, 0.4) is 0 Å². The number of rotatable bonds is 6. The molecule has 43 heavy (non-hydrogen) atoms. The van der Waals surface area contributed by atoms with Gasteiger partial charge in [0.2, 0.25) is 0 Å². The predicted molar refractivity (Wildman–Crippen MR) is 190 cm³/mol. The van der Waals surface area contributed by atoms with Crippen molar-refractivity contribution in [3.63, 3.8) is 0 Å². The van der Waals surface area contributed by atoms with E-state index >= 15 is 0 Å². The molecule has 0 aromatic heterocycles.